The van der Waals surface area contributed by atoms with Gasteiger partial charge < -0.3 is 5.11 Å². The van der Waals surface area contributed by atoms with Crippen LogP contribution >= 0.6 is 15.9 Å². The average molecular weight is 291 g/mol. The molecule has 2 aliphatic carbocycles. The first-order chi connectivity index (χ1) is 6.73. The summed E-state index contributed by atoms with van der Waals surface area (Å²) in [5, 5.41) is 9.43. The molecule has 0 spiro atoms. The van der Waals surface area contributed by atoms with Gasteiger partial charge >= 0.3 is 10.8 Å². The lowest BCUT2D eigenvalue weighted by molar-refractivity contribution is -0.199. The van der Waals surface area contributed by atoms with Crippen molar-refractivity contribution in [2.75, 3.05) is 0 Å². The highest BCUT2D eigenvalue weighted by molar-refractivity contribution is 9.10. The van der Waals surface area contributed by atoms with Gasteiger partial charge in [0.25, 0.3) is 0 Å². The van der Waals surface area contributed by atoms with Crippen LogP contribution in [0.4, 0.5) is 17.6 Å². The fraction of sp³-hybridized carbons (Fsp3) is 1.00. The molecule has 0 aromatic heterocycles. The predicted molar refractivity (Wildman–Crippen MR) is 49.1 cm³/mol. The molecular weight excluding hydrogens is 280 g/mol. The van der Waals surface area contributed by atoms with E-state index in [0.29, 0.717) is 12.8 Å². The van der Waals surface area contributed by atoms with Gasteiger partial charge in [0.2, 0.25) is 0 Å². The summed E-state index contributed by atoms with van der Waals surface area (Å²) < 4.78 is 52.1. The third-order valence-electron chi connectivity index (χ3n) is 3.62. The van der Waals surface area contributed by atoms with E-state index in [0.717, 1.165) is 0 Å². The van der Waals surface area contributed by atoms with Crippen LogP contribution in [0.2, 0.25) is 0 Å². The predicted octanol–water partition coefficient (Wildman–Crippen LogP) is 3.02. The van der Waals surface area contributed by atoms with Crippen molar-refractivity contribution >= 4 is 15.9 Å². The molecule has 88 valence electrons. The van der Waals surface area contributed by atoms with E-state index < -0.39 is 28.7 Å². The number of aliphatic hydroxyl groups excluding tert-OH is 1. The Labute approximate surface area is 93.0 Å². The monoisotopic (exact) mass is 290 g/mol. The lowest BCUT2D eigenvalue weighted by Crippen LogP contribution is -2.47. The number of alkyl halides is 5. The largest absolute Gasteiger partial charge is 0.393 e. The lowest BCUT2D eigenvalue weighted by Gasteiger charge is -2.34. The van der Waals surface area contributed by atoms with Gasteiger partial charge in [0.1, 0.15) is 0 Å². The van der Waals surface area contributed by atoms with Gasteiger partial charge in [-0.05, 0) is 47.0 Å². The minimum Gasteiger partial charge on any atom is -0.393 e. The summed E-state index contributed by atoms with van der Waals surface area (Å²) in [5.41, 5.74) is 0. The number of aliphatic hydroxyl groups is 1. The third-order valence-corrected chi connectivity index (χ3v) is 4.15. The Balaban J connectivity index is 2.19. The summed E-state index contributed by atoms with van der Waals surface area (Å²) in [6, 6.07) is 0. The van der Waals surface area contributed by atoms with Gasteiger partial charge in [-0.2, -0.15) is 17.6 Å². The molecule has 1 N–H and O–H groups in total. The third kappa shape index (κ3) is 1.69. The molecule has 0 amide bonds. The van der Waals surface area contributed by atoms with Crippen LogP contribution in [-0.4, -0.2) is 22.0 Å². The van der Waals surface area contributed by atoms with Gasteiger partial charge in [-0.15, -0.1) is 0 Å². The zero-order valence-electron chi connectivity index (χ0n) is 7.77. The molecule has 4 unspecified atom stereocenters. The first kappa shape index (κ1) is 11.6. The molecule has 2 saturated carbocycles. The summed E-state index contributed by atoms with van der Waals surface area (Å²) in [7, 11) is 0. The second-order valence-corrected chi connectivity index (χ2v) is 5.53. The van der Waals surface area contributed by atoms with Crippen molar-refractivity contribution in [2.45, 2.75) is 36.1 Å². The van der Waals surface area contributed by atoms with Crippen LogP contribution in [0.15, 0.2) is 0 Å². The Bertz CT molecular complexity index is 265. The van der Waals surface area contributed by atoms with Crippen LogP contribution in [0, 0.1) is 17.8 Å². The fourth-order valence-electron chi connectivity index (χ4n) is 2.94. The van der Waals surface area contributed by atoms with Gasteiger partial charge in [0, 0.05) is 5.92 Å². The molecule has 0 radical (unpaired) electrons. The average Bonchev–Trinajstić information content (AvgIpc) is 2.59. The SMILES string of the molecule is OC1CC2CC1C(C(F)(F)C(F)(F)Br)C2. The summed E-state index contributed by atoms with van der Waals surface area (Å²) in [5.74, 6) is -6.17. The number of rotatable bonds is 2. The number of hydrogen-bond donors (Lipinski definition) is 1. The van der Waals surface area contributed by atoms with Crippen LogP contribution < -0.4 is 0 Å². The maximum atomic E-state index is 13.4. The number of halogens is 5. The van der Waals surface area contributed by atoms with Crippen LogP contribution in [-0.2, 0) is 0 Å². The highest BCUT2D eigenvalue weighted by atomic mass is 79.9. The van der Waals surface area contributed by atoms with Crippen molar-refractivity contribution < 1.29 is 22.7 Å². The highest BCUT2D eigenvalue weighted by Gasteiger charge is 2.65. The molecule has 0 saturated heterocycles. The van der Waals surface area contributed by atoms with E-state index in [1.165, 1.54) is 0 Å². The van der Waals surface area contributed by atoms with Gasteiger partial charge in [-0.1, -0.05) is 0 Å². The van der Waals surface area contributed by atoms with Crippen molar-refractivity contribution in [1.82, 2.24) is 0 Å². The van der Waals surface area contributed by atoms with Gasteiger partial charge in [-0.3, -0.25) is 0 Å². The van der Waals surface area contributed by atoms with Crippen LogP contribution in [0.3, 0.4) is 0 Å². The fourth-order valence-corrected chi connectivity index (χ4v) is 3.23. The maximum absolute atomic E-state index is 13.4. The van der Waals surface area contributed by atoms with Crippen molar-refractivity contribution in [3.63, 3.8) is 0 Å². The second kappa shape index (κ2) is 3.32. The molecule has 2 rings (SSSR count). The molecule has 2 aliphatic rings. The molecule has 2 bridgehead atoms. The van der Waals surface area contributed by atoms with E-state index in [2.05, 4.69) is 0 Å². The van der Waals surface area contributed by atoms with Gasteiger partial charge in [0.15, 0.2) is 0 Å². The number of fused-ring (bicyclic) bond motifs is 2. The quantitative estimate of drug-likeness (QED) is 0.612. The van der Waals surface area contributed by atoms with Crippen LogP contribution in [0.25, 0.3) is 0 Å². The molecular formula is C9H11BrF4O. The topological polar surface area (TPSA) is 20.2 Å². The van der Waals surface area contributed by atoms with E-state index in [1.807, 2.05) is 0 Å². The van der Waals surface area contributed by atoms with Gasteiger partial charge in [0.05, 0.1) is 6.10 Å². The molecule has 2 fully saturated rings. The van der Waals surface area contributed by atoms with Crippen LogP contribution in [0.5, 0.6) is 0 Å². The van der Waals surface area contributed by atoms with Crippen molar-refractivity contribution in [1.29, 1.82) is 0 Å². The Hall–Kier alpha value is 0.160. The standard InChI is InChI=1S/C9H11BrF4O/c10-9(13,14)8(11,12)6-2-4-1-5(6)7(15)3-4/h4-7,15H,1-3H2. The molecule has 0 aliphatic heterocycles. The Kier molecular flexibility index (Phi) is 2.58. The lowest BCUT2D eigenvalue weighted by atomic mass is 9.82. The van der Waals surface area contributed by atoms with E-state index in [4.69, 9.17) is 0 Å². The summed E-state index contributed by atoms with van der Waals surface area (Å²) in [6.45, 7) is 0. The molecule has 15 heavy (non-hydrogen) atoms. The first-order valence-electron chi connectivity index (χ1n) is 4.86. The van der Waals surface area contributed by atoms with E-state index in [1.54, 1.807) is 15.9 Å². The van der Waals surface area contributed by atoms with E-state index >= 15 is 0 Å². The Morgan fingerprint density at radius 3 is 2.07 bits per heavy atom. The van der Waals surface area contributed by atoms with Crippen molar-refractivity contribution in [3.05, 3.63) is 0 Å². The number of hydrogen-bond acceptors (Lipinski definition) is 1. The molecule has 0 aromatic carbocycles. The minimum atomic E-state index is -4.19. The van der Waals surface area contributed by atoms with Crippen molar-refractivity contribution in [2.24, 2.45) is 17.8 Å². The smallest absolute Gasteiger partial charge is 0.363 e. The highest BCUT2D eigenvalue weighted by Crippen LogP contribution is 2.58. The Morgan fingerprint density at radius 2 is 1.67 bits per heavy atom. The normalized spacial score (nSPS) is 41.2. The zero-order chi connectivity index (χ0) is 11.4. The molecule has 0 aromatic rings. The second-order valence-electron chi connectivity index (χ2n) is 4.53. The Morgan fingerprint density at radius 1 is 1.07 bits per heavy atom. The van der Waals surface area contributed by atoms with E-state index in [9.17, 15) is 22.7 Å². The first-order valence-corrected chi connectivity index (χ1v) is 5.65. The van der Waals surface area contributed by atoms with E-state index in [-0.39, 0.29) is 12.3 Å². The molecule has 1 nitrogen and oxygen atoms in total. The summed E-state index contributed by atoms with van der Waals surface area (Å²) in [6.07, 6.45) is 0.181. The minimum absolute atomic E-state index is 0.0178. The summed E-state index contributed by atoms with van der Waals surface area (Å²) in [4.78, 5) is -4.19. The van der Waals surface area contributed by atoms with Gasteiger partial charge in [-0.25, -0.2) is 0 Å². The maximum Gasteiger partial charge on any atom is 0.363 e. The molecule has 0 heterocycles. The summed E-state index contributed by atoms with van der Waals surface area (Å²) >= 11 is 1.74. The van der Waals surface area contributed by atoms with Crippen LogP contribution in [0.1, 0.15) is 19.3 Å². The molecule has 4 atom stereocenters. The van der Waals surface area contributed by atoms with Crippen molar-refractivity contribution in [3.8, 4) is 0 Å². The molecule has 6 heteroatoms. The zero-order valence-corrected chi connectivity index (χ0v) is 9.35.